The van der Waals surface area contributed by atoms with E-state index in [1.54, 1.807) is 0 Å². The van der Waals surface area contributed by atoms with Gasteiger partial charge in [0.05, 0.1) is 31.2 Å². The van der Waals surface area contributed by atoms with Crippen LogP contribution in [0.5, 0.6) is 5.75 Å². The number of methoxy groups -OCH3 is 1. The third-order valence-electron chi connectivity index (χ3n) is 2.45. The lowest BCUT2D eigenvalue weighted by Gasteiger charge is -2.12. The summed E-state index contributed by atoms with van der Waals surface area (Å²) < 4.78 is 9.78. The smallest absolute Gasteiger partial charge is 0.308 e. The van der Waals surface area contributed by atoms with Crippen molar-refractivity contribution in [2.75, 3.05) is 13.7 Å². The Hall–Kier alpha value is -2.15. The van der Waals surface area contributed by atoms with Gasteiger partial charge in [-0.2, -0.15) is 0 Å². The topological polar surface area (TPSA) is 98.9 Å². The fourth-order valence-electron chi connectivity index (χ4n) is 1.45. The molecule has 7 heteroatoms. The van der Waals surface area contributed by atoms with Crippen LogP contribution in [0.25, 0.3) is 0 Å². The second kappa shape index (κ2) is 6.69. The van der Waals surface area contributed by atoms with Gasteiger partial charge in [0.25, 0.3) is 5.69 Å². The van der Waals surface area contributed by atoms with Crippen molar-refractivity contribution in [1.29, 1.82) is 0 Å². The molecule has 1 aromatic carbocycles. The summed E-state index contributed by atoms with van der Waals surface area (Å²) in [6.07, 6.45) is -0.847. The molecule has 1 atom stereocenters. The van der Waals surface area contributed by atoms with Gasteiger partial charge in [-0.05, 0) is 13.0 Å². The quantitative estimate of drug-likeness (QED) is 0.478. The highest BCUT2D eigenvalue weighted by molar-refractivity contribution is 5.69. The van der Waals surface area contributed by atoms with E-state index in [4.69, 9.17) is 4.74 Å². The molecule has 0 bridgehead atoms. The van der Waals surface area contributed by atoms with Gasteiger partial charge in [0.1, 0.15) is 5.75 Å². The highest BCUT2D eigenvalue weighted by Gasteiger charge is 2.15. The highest BCUT2D eigenvalue weighted by atomic mass is 16.6. The molecule has 0 amide bonds. The maximum atomic E-state index is 10.9. The minimum atomic E-state index is -0.909. The number of non-ortho nitro benzene ring substituents is 1. The van der Waals surface area contributed by atoms with Crippen LogP contribution in [0, 0.1) is 10.1 Å². The zero-order valence-corrected chi connectivity index (χ0v) is 10.7. The van der Waals surface area contributed by atoms with Crippen molar-refractivity contribution in [3.8, 4) is 5.75 Å². The van der Waals surface area contributed by atoms with Crippen LogP contribution in [0.15, 0.2) is 18.2 Å². The summed E-state index contributed by atoms with van der Waals surface area (Å²) in [5.41, 5.74) is 0.176. The Balaban J connectivity index is 2.82. The maximum absolute atomic E-state index is 10.9. The maximum Gasteiger partial charge on any atom is 0.308 e. The minimum absolute atomic E-state index is 0.0622. The Morgan fingerprint density at radius 3 is 2.74 bits per heavy atom. The SMILES string of the molecule is COC(=O)CCOc1ccc([N+](=O)[O-])cc1[C@H](C)O. The van der Waals surface area contributed by atoms with Gasteiger partial charge in [-0.3, -0.25) is 14.9 Å². The molecular weight excluding hydrogens is 254 g/mol. The zero-order chi connectivity index (χ0) is 14.4. The molecule has 0 aliphatic heterocycles. The molecule has 0 saturated heterocycles. The molecule has 0 aliphatic rings. The Morgan fingerprint density at radius 1 is 1.53 bits per heavy atom. The lowest BCUT2D eigenvalue weighted by molar-refractivity contribution is -0.385. The van der Waals surface area contributed by atoms with Gasteiger partial charge in [-0.15, -0.1) is 0 Å². The molecule has 0 heterocycles. The van der Waals surface area contributed by atoms with Crippen LogP contribution < -0.4 is 4.74 Å². The molecule has 19 heavy (non-hydrogen) atoms. The van der Waals surface area contributed by atoms with E-state index in [-0.39, 0.29) is 18.7 Å². The van der Waals surface area contributed by atoms with Crippen LogP contribution in [0.1, 0.15) is 25.0 Å². The average Bonchev–Trinajstić information content (AvgIpc) is 2.38. The Kier molecular flexibility index (Phi) is 5.25. The Morgan fingerprint density at radius 2 is 2.21 bits per heavy atom. The first kappa shape index (κ1) is 14.9. The van der Waals surface area contributed by atoms with E-state index in [0.29, 0.717) is 11.3 Å². The van der Waals surface area contributed by atoms with Gasteiger partial charge >= 0.3 is 5.97 Å². The van der Waals surface area contributed by atoms with Gasteiger partial charge in [-0.1, -0.05) is 0 Å². The Labute approximate surface area is 109 Å². The number of hydrogen-bond acceptors (Lipinski definition) is 6. The summed E-state index contributed by atoms with van der Waals surface area (Å²) in [6, 6.07) is 3.93. The van der Waals surface area contributed by atoms with Crippen LogP contribution in [-0.4, -0.2) is 29.7 Å². The molecule has 0 aromatic heterocycles. The number of ether oxygens (including phenoxy) is 2. The normalized spacial score (nSPS) is 11.7. The number of benzene rings is 1. The van der Waals surface area contributed by atoms with Crippen molar-refractivity contribution in [1.82, 2.24) is 0 Å². The third kappa shape index (κ3) is 4.22. The van der Waals surface area contributed by atoms with Gasteiger partial charge in [0.2, 0.25) is 0 Å². The number of aliphatic hydroxyl groups excluding tert-OH is 1. The predicted molar refractivity (Wildman–Crippen MR) is 65.9 cm³/mol. The second-order valence-corrected chi connectivity index (χ2v) is 3.83. The number of esters is 1. The third-order valence-corrected chi connectivity index (χ3v) is 2.45. The van der Waals surface area contributed by atoms with Crippen molar-refractivity contribution in [2.45, 2.75) is 19.4 Å². The van der Waals surface area contributed by atoms with Gasteiger partial charge in [-0.25, -0.2) is 0 Å². The monoisotopic (exact) mass is 269 g/mol. The molecule has 0 saturated carbocycles. The summed E-state index contributed by atoms with van der Waals surface area (Å²) in [7, 11) is 1.27. The first-order chi connectivity index (χ1) is 8.95. The van der Waals surface area contributed by atoms with Crippen LogP contribution in [-0.2, 0) is 9.53 Å². The number of rotatable bonds is 6. The van der Waals surface area contributed by atoms with Gasteiger partial charge in [0.15, 0.2) is 0 Å². The number of nitrogens with zero attached hydrogens (tertiary/aromatic N) is 1. The fraction of sp³-hybridized carbons (Fsp3) is 0.417. The molecule has 0 radical (unpaired) electrons. The van der Waals surface area contributed by atoms with Crippen molar-refractivity contribution in [3.63, 3.8) is 0 Å². The number of carbonyl (C=O) groups is 1. The van der Waals surface area contributed by atoms with E-state index in [2.05, 4.69) is 4.74 Å². The number of hydrogen-bond donors (Lipinski definition) is 1. The number of nitro benzene ring substituents is 1. The van der Waals surface area contributed by atoms with E-state index in [9.17, 15) is 20.0 Å². The van der Waals surface area contributed by atoms with Crippen molar-refractivity contribution in [2.24, 2.45) is 0 Å². The molecule has 0 fully saturated rings. The molecular formula is C12H15NO6. The highest BCUT2D eigenvalue weighted by Crippen LogP contribution is 2.29. The Bertz CT molecular complexity index is 471. The summed E-state index contributed by atoms with van der Waals surface area (Å²) in [5.74, 6) is -0.106. The molecule has 104 valence electrons. The second-order valence-electron chi connectivity index (χ2n) is 3.83. The lowest BCUT2D eigenvalue weighted by atomic mass is 10.1. The van der Waals surface area contributed by atoms with E-state index < -0.39 is 17.0 Å². The molecule has 1 rings (SSSR count). The van der Waals surface area contributed by atoms with Gasteiger partial charge < -0.3 is 14.6 Å². The number of carbonyl (C=O) groups excluding carboxylic acids is 1. The van der Waals surface area contributed by atoms with Crippen molar-refractivity contribution < 1.29 is 24.3 Å². The molecule has 0 unspecified atom stereocenters. The molecule has 7 nitrogen and oxygen atoms in total. The predicted octanol–water partition coefficient (Wildman–Crippen LogP) is 1.59. The van der Waals surface area contributed by atoms with Crippen LogP contribution in [0.2, 0.25) is 0 Å². The molecule has 1 aromatic rings. The standard InChI is InChI=1S/C12H15NO6/c1-8(14)10-7-9(13(16)17)3-4-11(10)19-6-5-12(15)18-2/h3-4,7-8,14H,5-6H2,1-2H3/t8-/m0/s1. The zero-order valence-electron chi connectivity index (χ0n) is 10.7. The first-order valence-electron chi connectivity index (χ1n) is 5.61. The minimum Gasteiger partial charge on any atom is -0.493 e. The fourth-order valence-corrected chi connectivity index (χ4v) is 1.45. The van der Waals surface area contributed by atoms with E-state index >= 15 is 0 Å². The van der Waals surface area contributed by atoms with Crippen LogP contribution in [0.4, 0.5) is 5.69 Å². The average molecular weight is 269 g/mol. The lowest BCUT2D eigenvalue weighted by Crippen LogP contribution is -2.09. The molecule has 0 spiro atoms. The number of nitro groups is 1. The summed E-state index contributed by atoms with van der Waals surface area (Å²) >= 11 is 0. The summed E-state index contributed by atoms with van der Waals surface area (Å²) in [5, 5.41) is 20.2. The van der Waals surface area contributed by atoms with Crippen molar-refractivity contribution in [3.05, 3.63) is 33.9 Å². The number of aliphatic hydroxyl groups is 1. The molecule has 0 aliphatic carbocycles. The van der Waals surface area contributed by atoms with E-state index in [1.807, 2.05) is 0 Å². The van der Waals surface area contributed by atoms with Crippen LogP contribution in [0.3, 0.4) is 0 Å². The molecule has 1 N–H and O–H groups in total. The van der Waals surface area contributed by atoms with Crippen LogP contribution >= 0.6 is 0 Å². The van der Waals surface area contributed by atoms with E-state index in [1.165, 1.54) is 32.2 Å². The summed E-state index contributed by atoms with van der Waals surface area (Å²) in [6.45, 7) is 1.55. The van der Waals surface area contributed by atoms with Gasteiger partial charge in [0, 0.05) is 17.7 Å². The summed E-state index contributed by atoms with van der Waals surface area (Å²) in [4.78, 5) is 21.0. The van der Waals surface area contributed by atoms with Crippen molar-refractivity contribution >= 4 is 11.7 Å². The first-order valence-corrected chi connectivity index (χ1v) is 5.61. The van der Waals surface area contributed by atoms with E-state index in [0.717, 1.165) is 0 Å². The largest absolute Gasteiger partial charge is 0.493 e.